The Bertz CT molecular complexity index is 1010. The Hall–Kier alpha value is -3.48. The Labute approximate surface area is 200 Å². The maximum Gasteiger partial charge on any atom is 0.224 e. The topological polar surface area (TPSA) is 78.4 Å². The molecule has 2 aromatic rings. The first-order valence-corrected chi connectivity index (χ1v) is 11.7. The Kier molecular flexibility index (Phi) is 7.72. The molecule has 2 aromatic carbocycles. The normalized spacial score (nSPS) is 20.2. The van der Waals surface area contributed by atoms with E-state index >= 15 is 0 Å². The van der Waals surface area contributed by atoms with Gasteiger partial charge in [-0.2, -0.15) is 0 Å². The lowest BCUT2D eigenvalue weighted by molar-refractivity contribution is -0.116. The molecule has 2 heterocycles. The Morgan fingerprint density at radius 1 is 1.12 bits per heavy atom. The number of hydrogen-bond donors (Lipinski definition) is 1. The second-order valence-electron chi connectivity index (χ2n) is 8.62. The van der Waals surface area contributed by atoms with Crippen molar-refractivity contribution < 1.29 is 23.7 Å². The number of allylic oxidation sites excluding steroid dienone is 1. The smallest absolute Gasteiger partial charge is 0.224 e. The van der Waals surface area contributed by atoms with Gasteiger partial charge < -0.3 is 24.3 Å². The summed E-state index contributed by atoms with van der Waals surface area (Å²) in [7, 11) is 3.25. The van der Waals surface area contributed by atoms with Crippen molar-refractivity contribution in [1.29, 1.82) is 0 Å². The van der Waals surface area contributed by atoms with Crippen LogP contribution in [-0.2, 0) is 4.79 Å². The summed E-state index contributed by atoms with van der Waals surface area (Å²) >= 11 is 0. The lowest BCUT2D eigenvalue weighted by Crippen LogP contribution is -2.37. The minimum absolute atomic E-state index is 0.0269. The van der Waals surface area contributed by atoms with Gasteiger partial charge in [0.1, 0.15) is 18.5 Å². The quantitative estimate of drug-likeness (QED) is 0.462. The molecule has 0 bridgehead atoms. The van der Waals surface area contributed by atoms with Gasteiger partial charge in [0.15, 0.2) is 11.5 Å². The number of unbranched alkanes of at least 4 members (excludes halogenated alkanes) is 2. The summed E-state index contributed by atoms with van der Waals surface area (Å²) in [6.45, 7) is 0.483. The van der Waals surface area contributed by atoms with Crippen LogP contribution in [0.5, 0.6) is 23.0 Å². The molecular weight excluding hydrogens is 432 g/mol. The molecule has 0 saturated carbocycles. The minimum Gasteiger partial charge on any atom is -0.497 e. The molecule has 1 amide bonds. The first kappa shape index (κ1) is 23.7. The van der Waals surface area contributed by atoms with E-state index in [0.717, 1.165) is 43.5 Å². The number of amides is 1. The zero-order valence-electron chi connectivity index (χ0n) is 19.8. The molecule has 4 rings (SSSR count). The highest BCUT2D eigenvalue weighted by atomic mass is 16.6. The molecule has 180 valence electrons. The molecule has 2 atom stereocenters. The molecule has 7 nitrogen and oxygen atoms in total. The molecule has 1 N–H and O–H groups in total. The van der Waals surface area contributed by atoms with E-state index in [1.165, 1.54) is 0 Å². The maximum absolute atomic E-state index is 12.2. The third-order valence-corrected chi connectivity index (χ3v) is 6.16. The van der Waals surface area contributed by atoms with Crippen LogP contribution in [0.2, 0.25) is 0 Å². The number of benzene rings is 2. The van der Waals surface area contributed by atoms with Crippen molar-refractivity contribution in [3.63, 3.8) is 0 Å². The van der Waals surface area contributed by atoms with Crippen LogP contribution in [0.1, 0.15) is 38.5 Å². The first-order valence-electron chi connectivity index (χ1n) is 11.7. The van der Waals surface area contributed by atoms with Crippen molar-refractivity contribution in [2.24, 2.45) is 4.99 Å². The Morgan fingerprint density at radius 2 is 1.97 bits per heavy atom. The van der Waals surface area contributed by atoms with Crippen molar-refractivity contribution in [3.8, 4) is 23.0 Å². The van der Waals surface area contributed by atoms with E-state index in [1.54, 1.807) is 14.2 Å². The second kappa shape index (κ2) is 11.1. The van der Waals surface area contributed by atoms with Gasteiger partial charge in [-0.15, -0.1) is 0 Å². The van der Waals surface area contributed by atoms with Gasteiger partial charge in [-0.3, -0.25) is 9.79 Å². The molecule has 0 fully saturated rings. The fourth-order valence-corrected chi connectivity index (χ4v) is 4.38. The van der Waals surface area contributed by atoms with Crippen LogP contribution in [-0.4, -0.2) is 44.6 Å². The van der Waals surface area contributed by atoms with Gasteiger partial charge in [-0.1, -0.05) is 25.0 Å². The molecule has 0 saturated heterocycles. The summed E-state index contributed by atoms with van der Waals surface area (Å²) in [4.78, 5) is 17.0. The lowest BCUT2D eigenvalue weighted by atomic mass is 9.87. The molecule has 2 aliphatic heterocycles. The van der Waals surface area contributed by atoms with Crippen LogP contribution in [0.4, 0.5) is 5.69 Å². The highest BCUT2D eigenvalue weighted by molar-refractivity contribution is 5.90. The number of para-hydroxylation sites is 1. The molecule has 7 heteroatoms. The highest BCUT2D eigenvalue weighted by Gasteiger charge is 2.35. The molecule has 0 radical (unpaired) electrons. The monoisotopic (exact) mass is 464 g/mol. The van der Waals surface area contributed by atoms with E-state index in [0.29, 0.717) is 30.3 Å². The maximum atomic E-state index is 12.2. The van der Waals surface area contributed by atoms with Crippen molar-refractivity contribution in [3.05, 3.63) is 54.6 Å². The number of anilines is 1. The lowest BCUT2D eigenvalue weighted by Gasteiger charge is -2.33. The summed E-state index contributed by atoms with van der Waals surface area (Å²) in [6.07, 6.45) is 10.8. The molecule has 2 unspecified atom stereocenters. The minimum atomic E-state index is -0.293. The van der Waals surface area contributed by atoms with E-state index < -0.39 is 0 Å². The number of carbonyl (C=O) groups is 1. The summed E-state index contributed by atoms with van der Waals surface area (Å²) in [6, 6.07) is 13.0. The zero-order valence-corrected chi connectivity index (χ0v) is 19.8. The number of nitrogens with zero attached hydrogens (tertiary/aromatic N) is 1. The van der Waals surface area contributed by atoms with Crippen LogP contribution < -0.4 is 24.3 Å². The van der Waals surface area contributed by atoms with Crippen molar-refractivity contribution in [2.45, 2.75) is 50.2 Å². The number of rotatable bonds is 11. The van der Waals surface area contributed by atoms with Crippen molar-refractivity contribution >= 4 is 17.8 Å². The summed E-state index contributed by atoms with van der Waals surface area (Å²) in [5.41, 5.74) is 0.488. The number of aliphatic imine (C=N–C) groups is 1. The van der Waals surface area contributed by atoms with Gasteiger partial charge in [0.2, 0.25) is 11.7 Å². The van der Waals surface area contributed by atoms with Gasteiger partial charge >= 0.3 is 0 Å². The van der Waals surface area contributed by atoms with Crippen LogP contribution in [0.3, 0.4) is 0 Å². The summed E-state index contributed by atoms with van der Waals surface area (Å²) in [5.74, 6) is 2.84. The molecule has 0 aromatic heterocycles. The van der Waals surface area contributed by atoms with Gasteiger partial charge in [0.05, 0.1) is 19.8 Å². The fourth-order valence-electron chi connectivity index (χ4n) is 4.38. The molecular formula is C27H32N2O5. The van der Waals surface area contributed by atoms with E-state index in [2.05, 4.69) is 11.4 Å². The molecule has 0 aliphatic carbocycles. The van der Waals surface area contributed by atoms with Crippen LogP contribution >= 0.6 is 0 Å². The third kappa shape index (κ3) is 5.90. The van der Waals surface area contributed by atoms with Crippen molar-refractivity contribution in [2.75, 3.05) is 26.1 Å². The largest absolute Gasteiger partial charge is 0.497 e. The standard InChI is InChI=1S/C27H32N2O5/c1-31-21-13-11-20(12-14-21)29-25(30)10-4-3-5-15-27(16-7-17-28-27)18-22-19-33-24-9-6-8-23(32-2)26(24)34-22/h6-9,11-14,16-17,22H,3-5,10,15,18-19H2,1-2H3,(H,29,30). The number of fused-ring (bicyclic) bond motifs is 1. The van der Waals surface area contributed by atoms with E-state index in [-0.39, 0.29) is 17.6 Å². The van der Waals surface area contributed by atoms with Gasteiger partial charge in [0, 0.05) is 24.7 Å². The molecule has 2 aliphatic rings. The predicted octanol–water partition coefficient (Wildman–Crippen LogP) is 5.20. The highest BCUT2D eigenvalue weighted by Crippen LogP contribution is 2.42. The first-order chi connectivity index (χ1) is 16.6. The van der Waals surface area contributed by atoms with Gasteiger partial charge in [-0.05, 0) is 55.3 Å². The average molecular weight is 465 g/mol. The number of ether oxygens (including phenoxy) is 4. The predicted molar refractivity (Wildman–Crippen MR) is 133 cm³/mol. The second-order valence-corrected chi connectivity index (χ2v) is 8.62. The van der Waals surface area contributed by atoms with Crippen LogP contribution in [0.15, 0.2) is 59.6 Å². The number of nitrogens with one attached hydrogen (secondary N) is 1. The Balaban J connectivity index is 1.22. The average Bonchev–Trinajstić information content (AvgIpc) is 3.32. The van der Waals surface area contributed by atoms with Crippen molar-refractivity contribution in [1.82, 2.24) is 0 Å². The summed E-state index contributed by atoms with van der Waals surface area (Å²) in [5, 5.41) is 2.93. The van der Waals surface area contributed by atoms with E-state index in [9.17, 15) is 4.79 Å². The zero-order chi connectivity index (χ0) is 23.8. The molecule has 0 spiro atoms. The van der Waals surface area contributed by atoms with Gasteiger partial charge in [-0.25, -0.2) is 0 Å². The summed E-state index contributed by atoms with van der Waals surface area (Å²) < 4.78 is 22.8. The van der Waals surface area contributed by atoms with Crippen LogP contribution in [0.25, 0.3) is 0 Å². The van der Waals surface area contributed by atoms with Gasteiger partial charge in [0.25, 0.3) is 0 Å². The Morgan fingerprint density at radius 3 is 2.71 bits per heavy atom. The van der Waals surface area contributed by atoms with Crippen LogP contribution in [0, 0.1) is 0 Å². The molecule has 34 heavy (non-hydrogen) atoms. The number of carbonyl (C=O) groups excluding carboxylic acids is 1. The SMILES string of the molecule is COc1ccc(NC(=O)CCCCCC2(CC3COc4cccc(OC)c4O3)C=CC=N2)cc1. The fraction of sp³-hybridized carbons (Fsp3) is 0.407. The number of methoxy groups -OCH3 is 2. The van der Waals surface area contributed by atoms with E-state index in [4.69, 9.17) is 23.9 Å². The number of hydrogen-bond acceptors (Lipinski definition) is 6. The third-order valence-electron chi connectivity index (χ3n) is 6.16. The van der Waals surface area contributed by atoms with E-state index in [1.807, 2.05) is 54.8 Å².